The Labute approximate surface area is 129 Å². The van der Waals surface area contributed by atoms with Crippen LogP contribution in [0.5, 0.6) is 0 Å². The number of benzene rings is 1. The first-order valence-electron chi connectivity index (χ1n) is 6.02. The molecule has 1 heterocycles. The van der Waals surface area contributed by atoms with Crippen LogP contribution in [0, 0.1) is 5.82 Å². The molecule has 1 nitrogen and oxygen atoms in total. The van der Waals surface area contributed by atoms with Gasteiger partial charge in [-0.2, -0.15) is 0 Å². The van der Waals surface area contributed by atoms with Crippen LogP contribution >= 0.6 is 38.9 Å². The highest BCUT2D eigenvalue weighted by molar-refractivity contribution is 9.10. The lowest BCUT2D eigenvalue weighted by molar-refractivity contribution is 0.556. The molecule has 0 aliphatic rings. The van der Waals surface area contributed by atoms with Crippen LogP contribution < -0.4 is 5.32 Å². The molecule has 1 aromatic carbocycles. The Balaban J connectivity index is 2.24. The van der Waals surface area contributed by atoms with Crippen molar-refractivity contribution in [2.24, 2.45) is 0 Å². The maximum atomic E-state index is 13.1. The van der Waals surface area contributed by atoms with Crippen LogP contribution in [0.3, 0.4) is 0 Å². The zero-order valence-corrected chi connectivity index (χ0v) is 13.6. The van der Waals surface area contributed by atoms with Crippen molar-refractivity contribution >= 4 is 38.9 Å². The summed E-state index contributed by atoms with van der Waals surface area (Å²) in [6.07, 6.45) is 0.773. The normalized spacial score (nSPS) is 12.6. The molecule has 0 radical (unpaired) electrons. The molecule has 0 spiro atoms. The molecule has 0 saturated heterocycles. The summed E-state index contributed by atoms with van der Waals surface area (Å²) < 4.78 is 13.9. The van der Waals surface area contributed by atoms with Gasteiger partial charge in [-0.15, -0.1) is 11.3 Å². The van der Waals surface area contributed by atoms with Gasteiger partial charge >= 0.3 is 0 Å². The molecule has 19 heavy (non-hydrogen) atoms. The molecule has 2 rings (SSSR count). The topological polar surface area (TPSA) is 12.0 Å². The minimum absolute atomic E-state index is 0.152. The average molecular weight is 363 g/mol. The standard InChI is InChI=1S/C14H14BrClFNS/c1-2-18-13(14-12(16)5-6-19-14)7-9-3-4-10(17)8-11(9)15/h3-6,8,13,18H,2,7H2,1H3. The highest BCUT2D eigenvalue weighted by atomic mass is 79.9. The van der Waals surface area contributed by atoms with Gasteiger partial charge in [-0.25, -0.2) is 4.39 Å². The van der Waals surface area contributed by atoms with Gasteiger partial charge in [0.05, 0.1) is 5.02 Å². The smallest absolute Gasteiger partial charge is 0.124 e. The molecule has 1 N–H and O–H groups in total. The molecule has 0 aliphatic heterocycles. The number of rotatable bonds is 5. The molecule has 0 fully saturated rings. The van der Waals surface area contributed by atoms with Crippen molar-refractivity contribution in [2.75, 3.05) is 6.54 Å². The van der Waals surface area contributed by atoms with E-state index in [1.165, 1.54) is 12.1 Å². The van der Waals surface area contributed by atoms with E-state index in [9.17, 15) is 4.39 Å². The lowest BCUT2D eigenvalue weighted by atomic mass is 10.0. The number of halogens is 3. The predicted molar refractivity (Wildman–Crippen MR) is 83.6 cm³/mol. The Morgan fingerprint density at radius 3 is 2.79 bits per heavy atom. The molecule has 1 atom stereocenters. The molecule has 1 unspecified atom stereocenters. The van der Waals surface area contributed by atoms with E-state index in [4.69, 9.17) is 11.6 Å². The van der Waals surface area contributed by atoms with Gasteiger partial charge in [-0.3, -0.25) is 0 Å². The molecular formula is C14H14BrClFNS. The molecule has 0 aliphatic carbocycles. The number of nitrogens with one attached hydrogen (secondary N) is 1. The van der Waals surface area contributed by atoms with E-state index in [0.29, 0.717) is 0 Å². The first-order chi connectivity index (χ1) is 9.11. The van der Waals surface area contributed by atoms with Crippen LogP contribution in [0.4, 0.5) is 4.39 Å². The summed E-state index contributed by atoms with van der Waals surface area (Å²) >= 11 is 11.3. The molecule has 0 amide bonds. The lowest BCUT2D eigenvalue weighted by Crippen LogP contribution is -2.22. The summed E-state index contributed by atoms with van der Waals surface area (Å²) in [7, 11) is 0. The molecule has 2 aromatic rings. The molecule has 0 bridgehead atoms. The van der Waals surface area contributed by atoms with Crippen LogP contribution in [-0.2, 0) is 6.42 Å². The first kappa shape index (κ1) is 15.0. The van der Waals surface area contributed by atoms with Gasteiger partial charge < -0.3 is 5.32 Å². The Morgan fingerprint density at radius 2 is 2.21 bits per heavy atom. The van der Waals surface area contributed by atoms with Gasteiger partial charge in [-0.05, 0) is 42.1 Å². The summed E-state index contributed by atoms with van der Waals surface area (Å²) in [6.45, 7) is 2.92. The Kier molecular flexibility index (Phi) is 5.39. The van der Waals surface area contributed by atoms with Gasteiger partial charge in [-0.1, -0.05) is 40.5 Å². The zero-order chi connectivity index (χ0) is 13.8. The van der Waals surface area contributed by atoms with Gasteiger partial charge in [0.2, 0.25) is 0 Å². The quantitative estimate of drug-likeness (QED) is 0.771. The number of likely N-dealkylation sites (N-methyl/N-ethyl adjacent to an activating group) is 1. The molecular weight excluding hydrogens is 349 g/mol. The van der Waals surface area contributed by atoms with E-state index >= 15 is 0 Å². The second kappa shape index (κ2) is 6.84. The number of hydrogen-bond acceptors (Lipinski definition) is 2. The van der Waals surface area contributed by atoms with E-state index in [1.54, 1.807) is 11.3 Å². The summed E-state index contributed by atoms with van der Waals surface area (Å²) in [4.78, 5) is 1.12. The third kappa shape index (κ3) is 3.78. The van der Waals surface area contributed by atoms with Crippen molar-refractivity contribution in [3.63, 3.8) is 0 Å². The Morgan fingerprint density at radius 1 is 1.42 bits per heavy atom. The first-order valence-corrected chi connectivity index (χ1v) is 8.07. The van der Waals surface area contributed by atoms with Crippen molar-refractivity contribution in [3.8, 4) is 0 Å². The van der Waals surface area contributed by atoms with E-state index < -0.39 is 0 Å². The van der Waals surface area contributed by atoms with Crippen LogP contribution in [0.2, 0.25) is 5.02 Å². The third-order valence-electron chi connectivity index (χ3n) is 2.85. The fourth-order valence-electron chi connectivity index (χ4n) is 1.97. The van der Waals surface area contributed by atoms with Gasteiger partial charge in [0.25, 0.3) is 0 Å². The van der Waals surface area contributed by atoms with Crippen molar-refractivity contribution in [2.45, 2.75) is 19.4 Å². The Hall–Kier alpha value is -0.420. The maximum Gasteiger partial charge on any atom is 0.124 e. The van der Waals surface area contributed by atoms with Gasteiger partial charge in [0, 0.05) is 15.4 Å². The van der Waals surface area contributed by atoms with Crippen LogP contribution in [-0.4, -0.2) is 6.54 Å². The summed E-state index contributed by atoms with van der Waals surface area (Å²) in [5.74, 6) is -0.232. The summed E-state index contributed by atoms with van der Waals surface area (Å²) in [5, 5.41) is 6.20. The Bertz CT molecular complexity index is 558. The monoisotopic (exact) mass is 361 g/mol. The number of thiophene rings is 1. The molecule has 102 valence electrons. The zero-order valence-electron chi connectivity index (χ0n) is 10.4. The largest absolute Gasteiger partial charge is 0.309 e. The van der Waals surface area contributed by atoms with Crippen molar-refractivity contribution < 1.29 is 4.39 Å². The van der Waals surface area contributed by atoms with E-state index in [0.717, 1.165) is 32.9 Å². The van der Waals surface area contributed by atoms with Crippen molar-refractivity contribution in [1.29, 1.82) is 0 Å². The van der Waals surface area contributed by atoms with Crippen LogP contribution in [0.15, 0.2) is 34.1 Å². The summed E-state index contributed by atoms with van der Waals surface area (Å²) in [5.41, 5.74) is 1.07. The second-order valence-corrected chi connectivity index (χ2v) is 6.39. The highest BCUT2D eigenvalue weighted by Crippen LogP contribution is 2.32. The molecule has 1 aromatic heterocycles. The van der Waals surface area contributed by atoms with E-state index in [-0.39, 0.29) is 11.9 Å². The maximum absolute atomic E-state index is 13.1. The average Bonchev–Trinajstić information content (AvgIpc) is 2.78. The van der Waals surface area contributed by atoms with Gasteiger partial charge in [0.15, 0.2) is 0 Å². The van der Waals surface area contributed by atoms with Crippen LogP contribution in [0.1, 0.15) is 23.4 Å². The minimum Gasteiger partial charge on any atom is -0.309 e. The fourth-order valence-corrected chi connectivity index (χ4v) is 3.74. The number of hydrogen-bond donors (Lipinski definition) is 1. The van der Waals surface area contributed by atoms with Crippen molar-refractivity contribution in [1.82, 2.24) is 5.32 Å². The summed E-state index contributed by atoms with van der Waals surface area (Å²) in [6, 6.07) is 6.85. The van der Waals surface area contributed by atoms with Gasteiger partial charge in [0.1, 0.15) is 5.82 Å². The van der Waals surface area contributed by atoms with Crippen LogP contribution in [0.25, 0.3) is 0 Å². The second-order valence-electron chi connectivity index (χ2n) is 4.18. The third-order valence-corrected chi connectivity index (χ3v) is 5.06. The minimum atomic E-state index is -0.232. The molecule has 0 saturated carbocycles. The fraction of sp³-hybridized carbons (Fsp3) is 0.286. The van der Waals surface area contributed by atoms with Crippen molar-refractivity contribution in [3.05, 3.63) is 55.4 Å². The SMILES string of the molecule is CCNC(Cc1ccc(F)cc1Br)c1sccc1Cl. The molecule has 5 heteroatoms. The predicted octanol–water partition coefficient (Wildman–Crippen LogP) is 5.20. The lowest BCUT2D eigenvalue weighted by Gasteiger charge is -2.18. The van der Waals surface area contributed by atoms with E-state index in [2.05, 4.69) is 28.2 Å². The van der Waals surface area contributed by atoms with E-state index in [1.807, 2.05) is 17.5 Å². The highest BCUT2D eigenvalue weighted by Gasteiger charge is 2.17.